The van der Waals surface area contributed by atoms with E-state index in [1.807, 2.05) is 18.2 Å². The number of benzene rings is 1. The zero-order valence-electron chi connectivity index (χ0n) is 18.1. The molecule has 1 fully saturated rings. The fraction of sp³-hybridized carbons (Fsp3) is 0.292. The number of esters is 1. The lowest BCUT2D eigenvalue weighted by molar-refractivity contribution is -0.135. The number of thiazole rings is 1. The van der Waals surface area contributed by atoms with Crippen LogP contribution in [0.3, 0.4) is 0 Å². The summed E-state index contributed by atoms with van der Waals surface area (Å²) in [6.07, 6.45) is 4.77. The van der Waals surface area contributed by atoms with Crippen LogP contribution in [-0.2, 0) is 20.9 Å². The number of amides is 1. The molecule has 4 rings (SSSR count). The largest absolute Gasteiger partial charge is 0.463 e. The molecule has 1 saturated heterocycles. The summed E-state index contributed by atoms with van der Waals surface area (Å²) in [4.78, 5) is 39.6. The summed E-state index contributed by atoms with van der Waals surface area (Å²) < 4.78 is 12.9. The Hall–Kier alpha value is -3.10. The number of halogens is 1. The number of carbonyl (C=O) groups excluding carboxylic acids is 2. The second-order valence-electron chi connectivity index (χ2n) is 7.51. The smallest absolute Gasteiger partial charge is 0.333 e. The van der Waals surface area contributed by atoms with E-state index in [-0.39, 0.29) is 24.6 Å². The van der Waals surface area contributed by atoms with Crippen LogP contribution in [0.5, 0.6) is 0 Å². The third-order valence-electron chi connectivity index (χ3n) is 5.26. The van der Waals surface area contributed by atoms with Crippen LogP contribution in [0.1, 0.15) is 25.5 Å². The van der Waals surface area contributed by atoms with Crippen LogP contribution in [0, 0.1) is 0 Å². The minimum absolute atomic E-state index is 0.128. The van der Waals surface area contributed by atoms with Gasteiger partial charge in [-0.15, -0.1) is 11.3 Å². The molecule has 1 aliphatic heterocycles. The monoisotopic (exact) mass is 486 g/mol. The van der Waals surface area contributed by atoms with Crippen molar-refractivity contribution in [2.24, 2.45) is 0 Å². The lowest BCUT2D eigenvalue weighted by Gasteiger charge is -2.15. The minimum Gasteiger partial charge on any atom is -0.463 e. The number of hydrogen-bond acceptors (Lipinski definition) is 6. The standard InChI is InChI=1S/C24H23ClN2O5S/c1-2-31-23(29)14-22-27(15-21(28)26-11-5-6-12-26)24(30)20(33-22)13-16-9-10-19(32-16)17-7-3-4-8-18(17)25/h3-4,7-10,13-14H,2,5-6,11-12,15H2,1H3. The topological polar surface area (TPSA) is 81.7 Å². The molecule has 0 aliphatic carbocycles. The van der Waals surface area contributed by atoms with Gasteiger partial charge in [0.05, 0.1) is 22.2 Å². The Bertz CT molecular complexity index is 1350. The molecule has 0 atom stereocenters. The fourth-order valence-electron chi connectivity index (χ4n) is 3.64. The normalized spacial score (nSPS) is 14.8. The molecule has 1 amide bonds. The molecule has 1 aliphatic rings. The second kappa shape index (κ2) is 10.2. The van der Waals surface area contributed by atoms with Gasteiger partial charge in [0, 0.05) is 24.7 Å². The average molecular weight is 487 g/mol. The van der Waals surface area contributed by atoms with Crippen LogP contribution in [-0.4, -0.2) is 41.0 Å². The van der Waals surface area contributed by atoms with E-state index >= 15 is 0 Å². The SMILES string of the molecule is CCOC(=O)C=c1sc(=Cc2ccc(-c3ccccc3Cl)o2)c(=O)n1CC(=O)N1CCCC1. The Morgan fingerprint density at radius 1 is 1.18 bits per heavy atom. The quantitative estimate of drug-likeness (QED) is 0.500. The highest BCUT2D eigenvalue weighted by Crippen LogP contribution is 2.29. The zero-order chi connectivity index (χ0) is 23.4. The average Bonchev–Trinajstić information content (AvgIpc) is 3.53. The molecule has 7 nitrogen and oxygen atoms in total. The highest BCUT2D eigenvalue weighted by molar-refractivity contribution is 7.07. The minimum atomic E-state index is -0.563. The number of ether oxygens (including phenoxy) is 1. The van der Waals surface area contributed by atoms with E-state index in [2.05, 4.69) is 0 Å². The molecule has 1 aromatic carbocycles. The molecule has 0 radical (unpaired) electrons. The van der Waals surface area contributed by atoms with Crippen molar-refractivity contribution in [3.8, 4) is 11.3 Å². The van der Waals surface area contributed by atoms with Gasteiger partial charge < -0.3 is 14.1 Å². The molecule has 33 heavy (non-hydrogen) atoms. The number of carbonyl (C=O) groups is 2. The van der Waals surface area contributed by atoms with E-state index < -0.39 is 5.97 Å². The molecule has 0 N–H and O–H groups in total. The van der Waals surface area contributed by atoms with Crippen molar-refractivity contribution in [3.63, 3.8) is 0 Å². The number of nitrogens with zero attached hydrogens (tertiary/aromatic N) is 2. The van der Waals surface area contributed by atoms with Crippen LogP contribution >= 0.6 is 22.9 Å². The van der Waals surface area contributed by atoms with Gasteiger partial charge in [0.1, 0.15) is 22.7 Å². The maximum absolute atomic E-state index is 13.2. The van der Waals surface area contributed by atoms with Gasteiger partial charge in [-0.3, -0.25) is 14.2 Å². The van der Waals surface area contributed by atoms with Crippen molar-refractivity contribution < 1.29 is 18.7 Å². The van der Waals surface area contributed by atoms with Crippen molar-refractivity contribution in [1.82, 2.24) is 9.47 Å². The van der Waals surface area contributed by atoms with Gasteiger partial charge in [0.25, 0.3) is 5.56 Å². The first kappa shape index (κ1) is 23.1. The second-order valence-corrected chi connectivity index (χ2v) is 8.98. The predicted octanol–water partition coefficient (Wildman–Crippen LogP) is 2.62. The molecule has 3 aromatic rings. The van der Waals surface area contributed by atoms with Crippen LogP contribution in [0.4, 0.5) is 0 Å². The Morgan fingerprint density at radius 3 is 2.67 bits per heavy atom. The Labute approximate surface area is 199 Å². The van der Waals surface area contributed by atoms with Crippen LogP contribution in [0.25, 0.3) is 23.5 Å². The molecule has 3 heterocycles. The summed E-state index contributed by atoms with van der Waals surface area (Å²) in [5.74, 6) is 0.332. The van der Waals surface area contributed by atoms with E-state index in [9.17, 15) is 14.4 Å². The van der Waals surface area contributed by atoms with Gasteiger partial charge in [-0.2, -0.15) is 0 Å². The lowest BCUT2D eigenvalue weighted by atomic mass is 10.2. The lowest BCUT2D eigenvalue weighted by Crippen LogP contribution is -2.39. The number of furan rings is 1. The third-order valence-corrected chi connectivity index (χ3v) is 6.65. The summed E-state index contributed by atoms with van der Waals surface area (Å²) in [6, 6.07) is 10.8. The number of likely N-dealkylation sites (tertiary alicyclic amines) is 1. The van der Waals surface area contributed by atoms with Crippen molar-refractivity contribution in [2.45, 2.75) is 26.3 Å². The summed E-state index contributed by atoms with van der Waals surface area (Å²) >= 11 is 7.36. The van der Waals surface area contributed by atoms with Gasteiger partial charge in [-0.05, 0) is 44.0 Å². The first-order chi connectivity index (χ1) is 16.0. The molecule has 2 aromatic heterocycles. The zero-order valence-corrected chi connectivity index (χ0v) is 19.7. The maximum Gasteiger partial charge on any atom is 0.333 e. The maximum atomic E-state index is 13.2. The first-order valence-corrected chi connectivity index (χ1v) is 11.9. The van der Waals surface area contributed by atoms with Gasteiger partial charge in [0.2, 0.25) is 5.91 Å². The summed E-state index contributed by atoms with van der Waals surface area (Å²) in [5.41, 5.74) is 0.383. The van der Waals surface area contributed by atoms with Crippen molar-refractivity contribution in [2.75, 3.05) is 19.7 Å². The van der Waals surface area contributed by atoms with Gasteiger partial charge in [0.15, 0.2) is 0 Å². The van der Waals surface area contributed by atoms with Crippen molar-refractivity contribution in [1.29, 1.82) is 0 Å². The van der Waals surface area contributed by atoms with E-state index in [1.54, 1.807) is 36.1 Å². The molecule has 9 heteroatoms. The van der Waals surface area contributed by atoms with E-state index in [0.29, 0.717) is 38.8 Å². The molecule has 172 valence electrons. The van der Waals surface area contributed by atoms with E-state index in [1.165, 1.54) is 10.6 Å². The van der Waals surface area contributed by atoms with Gasteiger partial charge >= 0.3 is 5.97 Å². The highest BCUT2D eigenvalue weighted by atomic mass is 35.5. The number of rotatable bonds is 6. The van der Waals surface area contributed by atoms with Crippen LogP contribution in [0.15, 0.2) is 45.6 Å². The van der Waals surface area contributed by atoms with Crippen molar-refractivity contribution >= 4 is 47.0 Å². The molecule has 0 spiro atoms. The summed E-state index contributed by atoms with van der Waals surface area (Å²) in [6.45, 7) is 3.16. The van der Waals surface area contributed by atoms with Gasteiger partial charge in [-0.25, -0.2) is 4.79 Å². The van der Waals surface area contributed by atoms with Gasteiger partial charge in [-0.1, -0.05) is 23.7 Å². The first-order valence-electron chi connectivity index (χ1n) is 10.7. The number of aromatic nitrogens is 1. The molecular weight excluding hydrogens is 464 g/mol. The predicted molar refractivity (Wildman–Crippen MR) is 127 cm³/mol. The summed E-state index contributed by atoms with van der Waals surface area (Å²) in [5, 5.41) is 0.559. The molecule has 0 bridgehead atoms. The summed E-state index contributed by atoms with van der Waals surface area (Å²) in [7, 11) is 0. The van der Waals surface area contributed by atoms with E-state index in [0.717, 1.165) is 29.7 Å². The molecule has 0 unspecified atom stereocenters. The third kappa shape index (κ3) is 5.29. The fourth-order valence-corrected chi connectivity index (χ4v) is 4.88. The molecular formula is C24H23ClN2O5S. The Morgan fingerprint density at radius 2 is 1.94 bits per heavy atom. The number of hydrogen-bond donors (Lipinski definition) is 0. The Balaban J connectivity index is 1.73. The van der Waals surface area contributed by atoms with Crippen LogP contribution < -0.4 is 14.8 Å². The Kier molecular flexibility index (Phi) is 7.15. The highest BCUT2D eigenvalue weighted by Gasteiger charge is 2.20. The van der Waals surface area contributed by atoms with E-state index in [4.69, 9.17) is 20.8 Å². The molecule has 0 saturated carbocycles. The van der Waals surface area contributed by atoms with Crippen molar-refractivity contribution in [3.05, 3.63) is 66.7 Å². The van der Waals surface area contributed by atoms with Crippen LogP contribution in [0.2, 0.25) is 5.02 Å².